The van der Waals surface area contributed by atoms with E-state index in [1.54, 1.807) is 0 Å². The van der Waals surface area contributed by atoms with E-state index >= 15 is 0 Å². The molecule has 0 aromatic carbocycles. The van der Waals surface area contributed by atoms with E-state index in [2.05, 4.69) is 4.98 Å². The maximum Gasteiger partial charge on any atom is 0.0878 e. The van der Waals surface area contributed by atoms with Crippen LogP contribution in [-0.4, -0.2) is 29.4 Å². The largest absolute Gasteiger partial charge is 0.390 e. The van der Waals surface area contributed by atoms with Gasteiger partial charge in [0, 0.05) is 11.9 Å². The minimum atomic E-state index is -0.339. The van der Waals surface area contributed by atoms with Crippen LogP contribution in [0.25, 0.3) is 0 Å². The molecule has 2 rings (SSSR count). The van der Waals surface area contributed by atoms with Gasteiger partial charge in [-0.1, -0.05) is 0 Å². The van der Waals surface area contributed by atoms with E-state index < -0.39 is 0 Å². The van der Waals surface area contributed by atoms with Crippen LogP contribution in [0.1, 0.15) is 11.6 Å². The Hall–Kier alpha value is -0.800. The number of rotatable bonds is 1. The van der Waals surface area contributed by atoms with Gasteiger partial charge in [-0.05, 0) is 12.1 Å². The molecule has 2 heterocycles. The van der Waals surface area contributed by atoms with Gasteiger partial charge >= 0.3 is 0 Å². The molecule has 60 valence electrons. The molecule has 3 heteroatoms. The number of aliphatic hydroxyl groups excluding tert-OH is 1. The molecule has 1 aromatic heterocycles. The second kappa shape index (κ2) is 2.68. The first kappa shape index (κ1) is 6.88. The zero-order chi connectivity index (χ0) is 7.68. The zero-order valence-electron chi connectivity index (χ0n) is 6.16. The second-order valence-corrected chi connectivity index (χ2v) is 2.84. The highest BCUT2D eigenvalue weighted by atomic mass is 16.5. The number of ether oxygens (including phenoxy) is 1. The van der Waals surface area contributed by atoms with Crippen LogP contribution in [-0.2, 0) is 4.74 Å². The number of aliphatic hydroxyl groups is 1. The van der Waals surface area contributed by atoms with Crippen LogP contribution in [0.3, 0.4) is 0 Å². The Labute approximate surface area is 65.0 Å². The van der Waals surface area contributed by atoms with E-state index in [0.29, 0.717) is 13.2 Å². The quantitative estimate of drug-likeness (QED) is 0.616. The minimum absolute atomic E-state index is 0.144. The van der Waals surface area contributed by atoms with Gasteiger partial charge in [-0.25, -0.2) is 0 Å². The van der Waals surface area contributed by atoms with Crippen molar-refractivity contribution in [3.05, 3.63) is 24.0 Å². The maximum atomic E-state index is 9.42. The monoisotopic (exact) mass is 153 g/mol. The molecule has 0 aliphatic carbocycles. The lowest BCUT2D eigenvalue weighted by Gasteiger charge is -2.08. The van der Waals surface area contributed by atoms with E-state index in [-0.39, 0.29) is 12.0 Å². The zero-order valence-corrected chi connectivity index (χ0v) is 6.16. The fraction of sp³-hybridized carbons (Fsp3) is 0.500. The summed E-state index contributed by atoms with van der Waals surface area (Å²) in [5.74, 6) is 0.144. The molecule has 2 atom stereocenters. The number of H-pyrrole nitrogens is 1. The van der Waals surface area contributed by atoms with Crippen LogP contribution in [0.2, 0.25) is 0 Å². The Morgan fingerprint density at radius 1 is 1.55 bits per heavy atom. The van der Waals surface area contributed by atoms with Crippen molar-refractivity contribution in [2.75, 3.05) is 13.2 Å². The lowest BCUT2D eigenvalue weighted by molar-refractivity contribution is 0.124. The summed E-state index contributed by atoms with van der Waals surface area (Å²) >= 11 is 0. The topological polar surface area (TPSA) is 45.2 Å². The van der Waals surface area contributed by atoms with Gasteiger partial charge in [0.25, 0.3) is 0 Å². The van der Waals surface area contributed by atoms with Crippen molar-refractivity contribution in [2.45, 2.75) is 12.0 Å². The van der Waals surface area contributed by atoms with Gasteiger partial charge in [0.05, 0.1) is 25.2 Å². The molecule has 3 nitrogen and oxygen atoms in total. The van der Waals surface area contributed by atoms with Crippen molar-refractivity contribution in [1.29, 1.82) is 0 Å². The Bertz CT molecular complexity index is 220. The molecule has 0 radical (unpaired) electrons. The average Bonchev–Trinajstić information content (AvgIpc) is 2.55. The molecule has 1 aromatic rings. The molecule has 0 amide bonds. The fourth-order valence-electron chi connectivity index (χ4n) is 1.41. The maximum absolute atomic E-state index is 9.42. The summed E-state index contributed by atoms with van der Waals surface area (Å²) in [5.41, 5.74) is 1.06. The average molecular weight is 153 g/mol. The first-order valence-electron chi connectivity index (χ1n) is 3.77. The molecule has 0 saturated carbocycles. The Morgan fingerprint density at radius 2 is 2.45 bits per heavy atom. The standard InChI is InChI=1S/C8H11NO2/c10-8-5-11-4-6(8)7-2-1-3-9-7/h1-3,6,8-10H,4-5H2. The van der Waals surface area contributed by atoms with E-state index in [1.165, 1.54) is 0 Å². The van der Waals surface area contributed by atoms with Gasteiger partial charge in [0.15, 0.2) is 0 Å². The number of hydrogen-bond donors (Lipinski definition) is 2. The summed E-state index contributed by atoms with van der Waals surface area (Å²) < 4.78 is 5.12. The van der Waals surface area contributed by atoms with Crippen molar-refractivity contribution in [3.8, 4) is 0 Å². The van der Waals surface area contributed by atoms with Crippen LogP contribution in [0.4, 0.5) is 0 Å². The molecule has 1 fully saturated rings. The van der Waals surface area contributed by atoms with Crippen LogP contribution in [0.15, 0.2) is 18.3 Å². The summed E-state index contributed by atoms with van der Waals surface area (Å²) in [4.78, 5) is 3.07. The summed E-state index contributed by atoms with van der Waals surface area (Å²) in [7, 11) is 0. The predicted octanol–water partition coefficient (Wildman–Crippen LogP) is 0.489. The fourth-order valence-corrected chi connectivity index (χ4v) is 1.41. The Kier molecular flexibility index (Phi) is 1.68. The van der Waals surface area contributed by atoms with Crippen molar-refractivity contribution in [3.63, 3.8) is 0 Å². The SMILES string of the molecule is OC1COCC1c1ccc[nH]1. The van der Waals surface area contributed by atoms with Crippen LogP contribution < -0.4 is 0 Å². The smallest absolute Gasteiger partial charge is 0.0878 e. The predicted molar refractivity (Wildman–Crippen MR) is 40.4 cm³/mol. The molecule has 0 spiro atoms. The highest BCUT2D eigenvalue weighted by Crippen LogP contribution is 2.23. The van der Waals surface area contributed by atoms with Gasteiger partial charge in [-0.2, -0.15) is 0 Å². The van der Waals surface area contributed by atoms with Gasteiger partial charge in [0.1, 0.15) is 0 Å². The normalized spacial score (nSPS) is 31.0. The van der Waals surface area contributed by atoms with Crippen molar-refractivity contribution >= 4 is 0 Å². The lowest BCUT2D eigenvalue weighted by atomic mass is 10.0. The van der Waals surface area contributed by atoms with Crippen LogP contribution in [0, 0.1) is 0 Å². The molecule has 1 aliphatic heterocycles. The van der Waals surface area contributed by atoms with Crippen LogP contribution in [0.5, 0.6) is 0 Å². The van der Waals surface area contributed by atoms with E-state index in [0.717, 1.165) is 5.69 Å². The molecule has 2 N–H and O–H groups in total. The third-order valence-electron chi connectivity index (χ3n) is 2.07. The van der Waals surface area contributed by atoms with Gasteiger partial charge in [-0.3, -0.25) is 0 Å². The van der Waals surface area contributed by atoms with Gasteiger partial charge in [-0.15, -0.1) is 0 Å². The van der Waals surface area contributed by atoms with Crippen molar-refractivity contribution in [2.24, 2.45) is 0 Å². The van der Waals surface area contributed by atoms with Crippen molar-refractivity contribution in [1.82, 2.24) is 4.98 Å². The summed E-state index contributed by atoms with van der Waals surface area (Å²) in [5, 5.41) is 9.42. The van der Waals surface area contributed by atoms with Crippen molar-refractivity contribution < 1.29 is 9.84 Å². The first-order valence-corrected chi connectivity index (χ1v) is 3.77. The highest BCUT2D eigenvalue weighted by molar-refractivity contribution is 5.13. The summed E-state index contributed by atoms with van der Waals surface area (Å²) in [6.07, 6.45) is 1.52. The third-order valence-corrected chi connectivity index (χ3v) is 2.07. The van der Waals surface area contributed by atoms with E-state index in [1.807, 2.05) is 18.3 Å². The van der Waals surface area contributed by atoms with Gasteiger partial charge in [0.2, 0.25) is 0 Å². The third kappa shape index (κ3) is 1.17. The Balaban J connectivity index is 2.16. The summed E-state index contributed by atoms with van der Waals surface area (Å²) in [6.45, 7) is 1.09. The molecule has 1 saturated heterocycles. The van der Waals surface area contributed by atoms with E-state index in [4.69, 9.17) is 4.74 Å². The number of aromatic nitrogens is 1. The first-order chi connectivity index (χ1) is 5.38. The van der Waals surface area contributed by atoms with Gasteiger partial charge < -0.3 is 14.8 Å². The molecule has 1 aliphatic rings. The number of aromatic amines is 1. The second-order valence-electron chi connectivity index (χ2n) is 2.84. The lowest BCUT2D eigenvalue weighted by Crippen LogP contribution is -2.15. The minimum Gasteiger partial charge on any atom is -0.390 e. The molecule has 0 bridgehead atoms. The molecular weight excluding hydrogens is 142 g/mol. The number of hydrogen-bond acceptors (Lipinski definition) is 2. The number of nitrogens with one attached hydrogen (secondary N) is 1. The molecule has 2 unspecified atom stereocenters. The highest BCUT2D eigenvalue weighted by Gasteiger charge is 2.27. The van der Waals surface area contributed by atoms with Crippen LogP contribution >= 0.6 is 0 Å². The molecule has 11 heavy (non-hydrogen) atoms. The Morgan fingerprint density at radius 3 is 3.00 bits per heavy atom. The molecular formula is C8H11NO2. The van der Waals surface area contributed by atoms with E-state index in [9.17, 15) is 5.11 Å². The summed E-state index contributed by atoms with van der Waals surface area (Å²) in [6, 6.07) is 3.91.